The van der Waals surface area contributed by atoms with Gasteiger partial charge in [0.25, 0.3) is 0 Å². The van der Waals surface area contributed by atoms with E-state index in [0.717, 1.165) is 29.4 Å². The van der Waals surface area contributed by atoms with Crippen molar-refractivity contribution in [2.24, 2.45) is 0 Å². The summed E-state index contributed by atoms with van der Waals surface area (Å²) >= 11 is 3.35. The van der Waals surface area contributed by atoms with Gasteiger partial charge < -0.3 is 10.1 Å². The summed E-state index contributed by atoms with van der Waals surface area (Å²) in [6.07, 6.45) is 1.66. The summed E-state index contributed by atoms with van der Waals surface area (Å²) in [6, 6.07) is 5.20. The lowest BCUT2D eigenvalue weighted by molar-refractivity contribution is -0.0547. The molecule has 2 unspecified atom stereocenters. The molecule has 0 radical (unpaired) electrons. The number of hydrogen-bond acceptors (Lipinski definition) is 2. The van der Waals surface area contributed by atoms with E-state index < -0.39 is 0 Å². The van der Waals surface area contributed by atoms with Crippen LogP contribution in [-0.2, 0) is 11.2 Å². The molecule has 1 aromatic rings. The van der Waals surface area contributed by atoms with Crippen LogP contribution in [-0.4, -0.2) is 24.8 Å². The quantitative estimate of drug-likeness (QED) is 0.757. The van der Waals surface area contributed by atoms with Crippen molar-refractivity contribution in [1.82, 2.24) is 5.32 Å². The third-order valence-corrected chi connectivity index (χ3v) is 4.18. The SMILES string of the molecule is CCNC(Cc1cc(F)cc(Br)c1)C(C)(CC)OCC. The summed E-state index contributed by atoms with van der Waals surface area (Å²) in [7, 11) is 0. The highest BCUT2D eigenvalue weighted by Gasteiger charge is 2.32. The van der Waals surface area contributed by atoms with E-state index in [9.17, 15) is 4.39 Å². The third-order valence-electron chi connectivity index (χ3n) is 3.73. The molecular formula is C16H25BrFNO. The van der Waals surface area contributed by atoms with E-state index in [-0.39, 0.29) is 17.5 Å². The molecule has 0 aliphatic heterocycles. The van der Waals surface area contributed by atoms with E-state index in [1.54, 1.807) is 6.07 Å². The van der Waals surface area contributed by atoms with Crippen LogP contribution in [0.1, 0.15) is 39.7 Å². The maximum absolute atomic E-state index is 13.5. The first-order chi connectivity index (χ1) is 9.45. The number of nitrogens with one attached hydrogen (secondary N) is 1. The highest BCUT2D eigenvalue weighted by atomic mass is 79.9. The molecule has 0 bridgehead atoms. The Balaban J connectivity index is 2.95. The minimum Gasteiger partial charge on any atom is -0.374 e. The summed E-state index contributed by atoms with van der Waals surface area (Å²) in [6.45, 7) is 9.88. The minimum absolute atomic E-state index is 0.158. The Kier molecular flexibility index (Phi) is 7.13. The van der Waals surface area contributed by atoms with Crippen LogP contribution >= 0.6 is 15.9 Å². The molecular weight excluding hydrogens is 321 g/mol. The van der Waals surface area contributed by atoms with Crippen LogP contribution < -0.4 is 5.32 Å². The maximum Gasteiger partial charge on any atom is 0.124 e. The van der Waals surface area contributed by atoms with Crippen molar-refractivity contribution < 1.29 is 9.13 Å². The van der Waals surface area contributed by atoms with Crippen LogP contribution in [0.3, 0.4) is 0 Å². The predicted molar refractivity (Wildman–Crippen MR) is 85.6 cm³/mol. The van der Waals surface area contributed by atoms with Gasteiger partial charge in [-0.1, -0.05) is 29.8 Å². The predicted octanol–water partition coefficient (Wildman–Crippen LogP) is 4.31. The average Bonchev–Trinajstić information content (AvgIpc) is 2.37. The van der Waals surface area contributed by atoms with Gasteiger partial charge in [0.2, 0.25) is 0 Å². The zero-order valence-electron chi connectivity index (χ0n) is 12.8. The van der Waals surface area contributed by atoms with Crippen molar-refractivity contribution in [2.75, 3.05) is 13.2 Å². The Labute approximate surface area is 130 Å². The van der Waals surface area contributed by atoms with Gasteiger partial charge in [-0.25, -0.2) is 4.39 Å². The first kappa shape index (κ1) is 17.6. The maximum atomic E-state index is 13.5. The monoisotopic (exact) mass is 345 g/mol. The van der Waals surface area contributed by atoms with Crippen LogP contribution in [0, 0.1) is 5.82 Å². The van der Waals surface area contributed by atoms with Crippen LogP contribution in [0.4, 0.5) is 4.39 Å². The normalized spacial score (nSPS) is 15.9. The van der Waals surface area contributed by atoms with Gasteiger partial charge in [0, 0.05) is 17.1 Å². The summed E-state index contributed by atoms with van der Waals surface area (Å²) in [5.74, 6) is -0.209. The molecule has 1 N–H and O–H groups in total. The van der Waals surface area contributed by atoms with Crippen molar-refractivity contribution in [3.63, 3.8) is 0 Å². The number of benzene rings is 1. The Bertz CT molecular complexity index is 407. The molecule has 0 heterocycles. The molecule has 0 aromatic heterocycles. The summed E-state index contributed by atoms with van der Waals surface area (Å²) < 4.78 is 20.2. The summed E-state index contributed by atoms with van der Waals surface area (Å²) in [4.78, 5) is 0. The lowest BCUT2D eigenvalue weighted by Crippen LogP contribution is -2.51. The fourth-order valence-corrected chi connectivity index (χ4v) is 3.01. The van der Waals surface area contributed by atoms with Gasteiger partial charge in [0.05, 0.1) is 5.60 Å². The van der Waals surface area contributed by atoms with Crippen molar-refractivity contribution in [2.45, 2.75) is 52.2 Å². The number of rotatable bonds is 8. The van der Waals surface area contributed by atoms with E-state index >= 15 is 0 Å². The fourth-order valence-electron chi connectivity index (χ4n) is 2.49. The second kappa shape index (κ2) is 8.11. The molecule has 0 amide bonds. The molecule has 0 spiro atoms. The topological polar surface area (TPSA) is 21.3 Å². The van der Waals surface area contributed by atoms with Crippen LogP contribution in [0.15, 0.2) is 22.7 Å². The van der Waals surface area contributed by atoms with Gasteiger partial charge in [-0.3, -0.25) is 0 Å². The van der Waals surface area contributed by atoms with Crippen molar-refractivity contribution in [1.29, 1.82) is 0 Å². The standard InChI is InChI=1S/C16H25BrFNO/c1-5-16(4,20-7-3)15(19-6-2)10-12-8-13(17)11-14(18)9-12/h8-9,11,15,19H,5-7,10H2,1-4H3. The van der Waals surface area contributed by atoms with Crippen molar-refractivity contribution in [3.05, 3.63) is 34.1 Å². The van der Waals surface area contributed by atoms with Gasteiger partial charge in [0.1, 0.15) is 5.82 Å². The molecule has 0 saturated carbocycles. The van der Waals surface area contributed by atoms with Crippen molar-refractivity contribution in [3.8, 4) is 0 Å². The molecule has 4 heteroatoms. The zero-order chi connectivity index (χ0) is 15.2. The molecule has 0 aliphatic rings. The summed E-state index contributed by atoms with van der Waals surface area (Å²) in [5, 5.41) is 3.48. The highest BCUT2D eigenvalue weighted by Crippen LogP contribution is 2.25. The second-order valence-electron chi connectivity index (χ2n) is 5.19. The van der Waals surface area contributed by atoms with Crippen LogP contribution in [0.5, 0.6) is 0 Å². The molecule has 0 saturated heterocycles. The number of halogens is 2. The second-order valence-corrected chi connectivity index (χ2v) is 6.11. The Hall–Kier alpha value is -0.450. The van der Waals surface area contributed by atoms with Crippen LogP contribution in [0.25, 0.3) is 0 Å². The molecule has 2 nitrogen and oxygen atoms in total. The van der Waals surface area contributed by atoms with Crippen molar-refractivity contribution >= 4 is 15.9 Å². The minimum atomic E-state index is -0.246. The third kappa shape index (κ3) is 4.83. The Morgan fingerprint density at radius 1 is 1.30 bits per heavy atom. The van der Waals surface area contributed by atoms with Gasteiger partial charge in [-0.05, 0) is 57.0 Å². The van der Waals surface area contributed by atoms with E-state index in [1.807, 2.05) is 13.0 Å². The highest BCUT2D eigenvalue weighted by molar-refractivity contribution is 9.10. The largest absolute Gasteiger partial charge is 0.374 e. The van der Waals surface area contributed by atoms with Crippen LogP contribution in [0.2, 0.25) is 0 Å². The Morgan fingerprint density at radius 3 is 2.50 bits per heavy atom. The first-order valence-corrected chi connectivity index (χ1v) is 8.06. The van der Waals surface area contributed by atoms with E-state index in [1.165, 1.54) is 6.07 Å². The molecule has 0 aliphatic carbocycles. The first-order valence-electron chi connectivity index (χ1n) is 7.27. The summed E-state index contributed by atoms with van der Waals surface area (Å²) in [5.41, 5.74) is 0.728. The molecule has 20 heavy (non-hydrogen) atoms. The number of hydrogen-bond donors (Lipinski definition) is 1. The Morgan fingerprint density at radius 2 is 2.00 bits per heavy atom. The van der Waals surface area contributed by atoms with Gasteiger partial charge in [-0.15, -0.1) is 0 Å². The number of likely N-dealkylation sites (N-methyl/N-ethyl adjacent to an activating group) is 1. The lowest BCUT2D eigenvalue weighted by Gasteiger charge is -2.37. The van der Waals surface area contributed by atoms with Gasteiger partial charge >= 0.3 is 0 Å². The van der Waals surface area contributed by atoms with E-state index in [0.29, 0.717) is 6.61 Å². The fraction of sp³-hybridized carbons (Fsp3) is 0.625. The molecule has 2 atom stereocenters. The van der Waals surface area contributed by atoms with E-state index in [2.05, 4.69) is 42.0 Å². The van der Waals surface area contributed by atoms with E-state index in [4.69, 9.17) is 4.74 Å². The molecule has 1 rings (SSSR count). The van der Waals surface area contributed by atoms with Gasteiger partial charge in [0.15, 0.2) is 0 Å². The zero-order valence-corrected chi connectivity index (χ0v) is 14.4. The molecule has 1 aromatic carbocycles. The smallest absolute Gasteiger partial charge is 0.124 e. The van der Waals surface area contributed by atoms with Gasteiger partial charge in [-0.2, -0.15) is 0 Å². The average molecular weight is 346 g/mol. The molecule has 0 fully saturated rings. The number of ether oxygens (including phenoxy) is 1. The lowest BCUT2D eigenvalue weighted by atomic mass is 9.88. The molecule has 114 valence electrons.